The number of nitrogens with zero attached hydrogens (tertiary/aromatic N) is 1. The quantitative estimate of drug-likeness (QED) is 0.594. The van der Waals surface area contributed by atoms with Crippen molar-refractivity contribution in [3.05, 3.63) is 58.6 Å². The molecule has 2 aromatic carbocycles. The molecule has 7 heteroatoms. The molecule has 3 N–H and O–H groups in total. The van der Waals surface area contributed by atoms with Gasteiger partial charge in [0.15, 0.2) is 0 Å². The van der Waals surface area contributed by atoms with Crippen LogP contribution in [0.5, 0.6) is 5.75 Å². The Kier molecular flexibility index (Phi) is 5.32. The number of rotatable bonds is 4. The lowest BCUT2D eigenvalue weighted by molar-refractivity contribution is -0.114. The number of benzene rings is 2. The number of anilines is 1. The molecule has 0 fully saturated rings. The minimum atomic E-state index is -0.419. The Hall–Kier alpha value is -2.86. The maximum atomic E-state index is 11.9. The minimum absolute atomic E-state index is 0.00654. The van der Waals surface area contributed by atoms with Crippen LogP contribution in [0.4, 0.5) is 5.69 Å². The Morgan fingerprint density at radius 1 is 1.17 bits per heavy atom. The second-order valence-corrected chi connectivity index (χ2v) is 5.10. The van der Waals surface area contributed by atoms with Crippen molar-refractivity contribution in [1.29, 1.82) is 0 Å². The minimum Gasteiger partial charge on any atom is -0.507 e. The van der Waals surface area contributed by atoms with Gasteiger partial charge in [0.2, 0.25) is 5.91 Å². The van der Waals surface area contributed by atoms with Crippen LogP contribution < -0.4 is 10.7 Å². The maximum Gasteiger partial charge on any atom is 0.271 e. The number of hydrogen-bond donors (Lipinski definition) is 3. The fourth-order valence-electron chi connectivity index (χ4n) is 1.76. The van der Waals surface area contributed by atoms with Gasteiger partial charge in [0.1, 0.15) is 5.75 Å². The van der Waals surface area contributed by atoms with Gasteiger partial charge < -0.3 is 10.4 Å². The fourth-order valence-corrected chi connectivity index (χ4v) is 1.94. The third-order valence-corrected chi connectivity index (χ3v) is 3.06. The van der Waals surface area contributed by atoms with E-state index in [1.54, 1.807) is 30.3 Å². The van der Waals surface area contributed by atoms with E-state index >= 15 is 0 Å². The van der Waals surface area contributed by atoms with Gasteiger partial charge in [0.25, 0.3) is 5.91 Å². The van der Waals surface area contributed by atoms with Gasteiger partial charge in [-0.1, -0.05) is 11.6 Å². The first kappa shape index (κ1) is 16.5. The van der Waals surface area contributed by atoms with Gasteiger partial charge in [-0.25, -0.2) is 5.43 Å². The normalized spacial score (nSPS) is 10.5. The third kappa shape index (κ3) is 4.82. The molecule has 0 unspecified atom stereocenters. The molecule has 0 radical (unpaired) electrons. The second-order valence-electron chi connectivity index (χ2n) is 4.66. The molecule has 0 saturated heterocycles. The van der Waals surface area contributed by atoms with Gasteiger partial charge in [0.05, 0.1) is 6.21 Å². The lowest BCUT2D eigenvalue weighted by atomic mass is 10.2. The predicted molar refractivity (Wildman–Crippen MR) is 88.9 cm³/mol. The fraction of sp³-hybridized carbons (Fsp3) is 0.0625. The van der Waals surface area contributed by atoms with E-state index < -0.39 is 5.91 Å². The summed E-state index contributed by atoms with van der Waals surface area (Å²) in [4.78, 5) is 22.8. The smallest absolute Gasteiger partial charge is 0.271 e. The molecular formula is C16H14ClN3O3. The Morgan fingerprint density at radius 3 is 2.52 bits per heavy atom. The average Bonchev–Trinajstić information content (AvgIpc) is 2.50. The van der Waals surface area contributed by atoms with Crippen LogP contribution in [0.3, 0.4) is 0 Å². The molecule has 0 saturated carbocycles. The number of aromatic hydroxyl groups is 1. The molecule has 118 valence electrons. The van der Waals surface area contributed by atoms with Crippen LogP contribution in [0, 0.1) is 0 Å². The molecule has 23 heavy (non-hydrogen) atoms. The zero-order valence-electron chi connectivity index (χ0n) is 12.2. The first-order valence-electron chi connectivity index (χ1n) is 6.65. The SMILES string of the molecule is CC(=O)Nc1ccc(C(=O)N/N=C/c2cc(Cl)ccc2O)cc1. The number of carbonyl (C=O) groups excluding carboxylic acids is 2. The van der Waals surface area contributed by atoms with Gasteiger partial charge in [-0.15, -0.1) is 0 Å². The van der Waals surface area contributed by atoms with E-state index in [-0.39, 0.29) is 11.7 Å². The average molecular weight is 332 g/mol. The van der Waals surface area contributed by atoms with Crippen molar-refractivity contribution in [2.45, 2.75) is 6.92 Å². The molecule has 6 nitrogen and oxygen atoms in total. The van der Waals surface area contributed by atoms with Crippen LogP contribution in [-0.4, -0.2) is 23.1 Å². The molecule has 0 bridgehead atoms. The van der Waals surface area contributed by atoms with Crippen LogP contribution in [0.1, 0.15) is 22.8 Å². The predicted octanol–water partition coefficient (Wildman–Crippen LogP) is 2.77. The summed E-state index contributed by atoms with van der Waals surface area (Å²) in [7, 11) is 0. The standard InChI is InChI=1S/C16H14ClN3O3/c1-10(21)19-14-5-2-11(3-6-14)16(23)20-18-9-12-8-13(17)4-7-15(12)22/h2-9,22H,1H3,(H,19,21)(H,20,23)/b18-9+. The Morgan fingerprint density at radius 2 is 1.87 bits per heavy atom. The van der Waals surface area contributed by atoms with Crippen molar-refractivity contribution in [2.75, 3.05) is 5.32 Å². The van der Waals surface area contributed by atoms with Crippen molar-refractivity contribution in [3.63, 3.8) is 0 Å². The highest BCUT2D eigenvalue weighted by molar-refractivity contribution is 6.30. The van der Waals surface area contributed by atoms with Crippen molar-refractivity contribution in [3.8, 4) is 5.75 Å². The molecule has 0 aliphatic heterocycles. The Bertz CT molecular complexity index is 758. The highest BCUT2D eigenvalue weighted by Crippen LogP contribution is 2.19. The Labute approximate surface area is 137 Å². The monoisotopic (exact) mass is 331 g/mol. The molecule has 0 aliphatic rings. The Balaban J connectivity index is 2.00. The summed E-state index contributed by atoms with van der Waals surface area (Å²) in [6, 6.07) is 10.9. The van der Waals surface area contributed by atoms with Crippen molar-refractivity contribution in [2.24, 2.45) is 5.10 Å². The molecule has 0 spiro atoms. The summed E-state index contributed by atoms with van der Waals surface area (Å²) >= 11 is 5.81. The van der Waals surface area contributed by atoms with Crippen LogP contribution in [0.15, 0.2) is 47.6 Å². The molecule has 2 rings (SSSR count). The zero-order chi connectivity index (χ0) is 16.8. The van der Waals surface area contributed by atoms with E-state index in [4.69, 9.17) is 11.6 Å². The summed E-state index contributed by atoms with van der Waals surface area (Å²) in [5.74, 6) is -0.600. The van der Waals surface area contributed by atoms with Gasteiger partial charge in [-0.2, -0.15) is 5.10 Å². The number of amides is 2. The summed E-state index contributed by atoms with van der Waals surface area (Å²) < 4.78 is 0. The summed E-state index contributed by atoms with van der Waals surface area (Å²) in [6.07, 6.45) is 1.30. The van der Waals surface area contributed by atoms with E-state index in [2.05, 4.69) is 15.8 Å². The lowest BCUT2D eigenvalue weighted by Crippen LogP contribution is -2.17. The van der Waals surface area contributed by atoms with Gasteiger partial charge in [-0.3, -0.25) is 9.59 Å². The lowest BCUT2D eigenvalue weighted by Gasteiger charge is -2.04. The zero-order valence-corrected chi connectivity index (χ0v) is 13.0. The number of halogens is 1. The first-order chi connectivity index (χ1) is 11.0. The van der Waals surface area contributed by atoms with Crippen LogP contribution >= 0.6 is 11.6 Å². The third-order valence-electron chi connectivity index (χ3n) is 2.83. The van der Waals surface area contributed by atoms with E-state index in [0.717, 1.165) is 0 Å². The summed E-state index contributed by atoms with van der Waals surface area (Å²) in [5.41, 5.74) is 3.71. The van der Waals surface area contributed by atoms with Gasteiger partial charge in [-0.05, 0) is 42.5 Å². The largest absolute Gasteiger partial charge is 0.507 e. The topological polar surface area (TPSA) is 90.8 Å². The summed E-state index contributed by atoms with van der Waals surface area (Å²) in [6.45, 7) is 1.40. The molecule has 0 aromatic heterocycles. The van der Waals surface area contributed by atoms with E-state index in [0.29, 0.717) is 21.8 Å². The van der Waals surface area contributed by atoms with Crippen LogP contribution in [0.2, 0.25) is 5.02 Å². The molecule has 2 amide bonds. The van der Waals surface area contributed by atoms with Gasteiger partial charge in [0, 0.05) is 28.8 Å². The van der Waals surface area contributed by atoms with E-state index in [1.165, 1.54) is 25.3 Å². The van der Waals surface area contributed by atoms with Crippen LogP contribution in [0.25, 0.3) is 0 Å². The molecule has 0 aliphatic carbocycles. The maximum absolute atomic E-state index is 11.9. The van der Waals surface area contributed by atoms with Crippen LogP contribution in [-0.2, 0) is 4.79 Å². The number of phenolic OH excluding ortho intramolecular Hbond substituents is 1. The number of hydrogen-bond acceptors (Lipinski definition) is 4. The summed E-state index contributed by atoms with van der Waals surface area (Å²) in [5, 5.41) is 16.5. The molecule has 0 heterocycles. The number of nitrogens with one attached hydrogen (secondary N) is 2. The van der Waals surface area contributed by atoms with E-state index in [9.17, 15) is 14.7 Å². The van der Waals surface area contributed by atoms with Crippen molar-refractivity contribution < 1.29 is 14.7 Å². The molecule has 0 atom stereocenters. The first-order valence-corrected chi connectivity index (χ1v) is 7.03. The highest BCUT2D eigenvalue weighted by atomic mass is 35.5. The van der Waals surface area contributed by atoms with E-state index in [1.807, 2.05) is 0 Å². The molecule has 2 aromatic rings. The number of carbonyl (C=O) groups is 2. The number of hydrazone groups is 1. The van der Waals surface area contributed by atoms with Crippen molar-refractivity contribution in [1.82, 2.24) is 5.43 Å². The van der Waals surface area contributed by atoms with Crippen molar-refractivity contribution >= 4 is 35.3 Å². The highest BCUT2D eigenvalue weighted by Gasteiger charge is 2.05. The second kappa shape index (κ2) is 7.42. The van der Waals surface area contributed by atoms with Gasteiger partial charge >= 0.3 is 0 Å². The molecular weight excluding hydrogens is 318 g/mol. The number of phenols is 1.